The monoisotopic (exact) mass is 908 g/mol. The van der Waals surface area contributed by atoms with E-state index in [9.17, 15) is 0 Å². The molecule has 9 aromatic carbocycles. The van der Waals surface area contributed by atoms with E-state index in [1.807, 2.05) is 6.08 Å². The minimum Gasteiger partial charge on any atom is -0.313 e. The first-order chi connectivity index (χ1) is 35.2. The summed E-state index contributed by atoms with van der Waals surface area (Å²) in [6, 6.07) is 83.4. The molecule has 338 valence electrons. The Morgan fingerprint density at radius 1 is 0.535 bits per heavy atom. The van der Waals surface area contributed by atoms with Crippen molar-refractivity contribution < 1.29 is 0 Å². The Morgan fingerprint density at radius 2 is 1.13 bits per heavy atom. The Hall–Kier alpha value is -8.72. The summed E-state index contributed by atoms with van der Waals surface area (Å²) in [7, 11) is 0. The summed E-state index contributed by atoms with van der Waals surface area (Å²) in [4.78, 5) is 2.44. The Bertz CT molecular complexity index is 3730. The first-order valence-corrected chi connectivity index (χ1v) is 25.0. The molecule has 0 spiro atoms. The number of rotatable bonds is 11. The number of hydrogen-bond acceptors (Lipinski definition) is 1. The predicted molar refractivity (Wildman–Crippen MR) is 300 cm³/mol. The molecule has 3 aliphatic rings. The van der Waals surface area contributed by atoms with Gasteiger partial charge in [-0.1, -0.05) is 207 Å². The van der Waals surface area contributed by atoms with E-state index in [-0.39, 0.29) is 0 Å². The maximum Gasteiger partial charge on any atom is 0.0717 e. The first-order valence-electron chi connectivity index (χ1n) is 25.0. The minimum atomic E-state index is -0.517. The first kappa shape index (κ1) is 42.4. The van der Waals surface area contributed by atoms with E-state index in [2.05, 4.69) is 271 Å². The molecule has 0 radical (unpaired) electrons. The summed E-state index contributed by atoms with van der Waals surface area (Å²) in [5, 5.41) is 2.50. The molecule has 0 bridgehead atoms. The van der Waals surface area contributed by atoms with Crippen LogP contribution in [-0.2, 0) is 11.8 Å². The Morgan fingerprint density at radius 3 is 1.82 bits per heavy atom. The van der Waals surface area contributed by atoms with Crippen molar-refractivity contribution in [3.63, 3.8) is 0 Å². The zero-order valence-corrected chi connectivity index (χ0v) is 39.6. The number of nitrogens with zero attached hydrogens (tertiary/aromatic N) is 2. The van der Waals surface area contributed by atoms with Gasteiger partial charge in [0.15, 0.2) is 0 Å². The second-order valence-electron chi connectivity index (χ2n) is 19.2. The molecule has 2 nitrogen and oxygen atoms in total. The van der Waals surface area contributed by atoms with Crippen molar-refractivity contribution in [1.82, 2.24) is 4.57 Å². The molecule has 0 saturated heterocycles. The Kier molecular flexibility index (Phi) is 10.5. The molecule has 1 atom stereocenters. The normalized spacial score (nSPS) is 15.5. The third kappa shape index (κ3) is 7.09. The predicted octanol–water partition coefficient (Wildman–Crippen LogP) is 18.0. The SMILES string of the molecule is C=C/C=C(\CC1C=CC=CC1)n1c2ccccc2c2cc(-c3ccc(N(c4ccc(-c5ccccc5)cc4)c4ccc5c(c4)C(c4ccccc4)(c4ccccc4)C4=C5Cc5ccccc54)cc3)ccc21. The largest absolute Gasteiger partial charge is 0.313 e. The minimum absolute atomic E-state index is 0.448. The van der Waals surface area contributed by atoms with Gasteiger partial charge in [-0.2, -0.15) is 0 Å². The average Bonchev–Trinajstić information content (AvgIpc) is 4.08. The van der Waals surface area contributed by atoms with Crippen molar-refractivity contribution in [3.05, 3.63) is 301 Å². The fourth-order valence-electron chi connectivity index (χ4n) is 12.1. The van der Waals surface area contributed by atoms with E-state index in [4.69, 9.17) is 0 Å². The van der Waals surface area contributed by atoms with Crippen molar-refractivity contribution in [1.29, 1.82) is 0 Å². The highest BCUT2D eigenvalue weighted by Gasteiger charge is 2.50. The number of para-hydroxylation sites is 1. The molecule has 0 aliphatic heterocycles. The second kappa shape index (κ2) is 17.7. The molecule has 0 N–H and O–H groups in total. The van der Waals surface area contributed by atoms with Crippen LogP contribution in [0.4, 0.5) is 17.1 Å². The molecule has 0 saturated carbocycles. The molecule has 1 heterocycles. The van der Waals surface area contributed by atoms with Gasteiger partial charge in [0.05, 0.1) is 16.4 Å². The molecular weight excluding hydrogens is 857 g/mol. The van der Waals surface area contributed by atoms with Crippen LogP contribution < -0.4 is 4.90 Å². The average molecular weight is 909 g/mol. The molecule has 1 aromatic heterocycles. The standard InChI is InChI=1S/C69H52N2/c1-2-19-58(44-48-20-7-3-8-21-48)71-66-31-18-17-30-62(66)63-45-52(36-43-67(63)71)51-34-39-57(40-35-51)70(56-37-32-50(33-38-56)49-22-9-4-10-23-49)59-41-42-61-64-46-53-24-15-16-29-60(53)68(64)69(65(61)47-59,54-25-11-5-12-26-54)55-27-13-6-14-28-55/h2-20,22-43,45,47-48H,1,21,44,46H2/b58-19+. The van der Waals surface area contributed by atoms with Crippen LogP contribution >= 0.6 is 0 Å². The fraction of sp³-hybridized carbons (Fsp3) is 0.0725. The lowest BCUT2D eigenvalue weighted by Gasteiger charge is -2.37. The van der Waals surface area contributed by atoms with Gasteiger partial charge in [0, 0.05) is 33.5 Å². The lowest BCUT2D eigenvalue weighted by molar-refractivity contribution is 0.666. The number of benzene rings is 9. The van der Waals surface area contributed by atoms with Gasteiger partial charge < -0.3 is 9.47 Å². The molecule has 3 aliphatic carbocycles. The molecule has 13 rings (SSSR count). The molecular formula is C69H52N2. The molecule has 2 heteroatoms. The van der Waals surface area contributed by atoms with Gasteiger partial charge in [0.25, 0.3) is 0 Å². The van der Waals surface area contributed by atoms with Crippen LogP contribution in [0.15, 0.2) is 267 Å². The van der Waals surface area contributed by atoms with Crippen molar-refractivity contribution in [3.8, 4) is 22.3 Å². The highest BCUT2D eigenvalue weighted by molar-refractivity contribution is 6.12. The van der Waals surface area contributed by atoms with Crippen LogP contribution in [0.2, 0.25) is 0 Å². The third-order valence-corrected chi connectivity index (χ3v) is 15.2. The third-order valence-electron chi connectivity index (χ3n) is 15.2. The summed E-state index contributed by atoms with van der Waals surface area (Å²) in [5.74, 6) is 0.448. The van der Waals surface area contributed by atoms with Gasteiger partial charge in [-0.05, 0) is 153 Å². The number of hydrogen-bond donors (Lipinski definition) is 0. The number of aromatic nitrogens is 1. The van der Waals surface area contributed by atoms with Crippen molar-refractivity contribution in [2.75, 3.05) is 4.90 Å². The zero-order chi connectivity index (χ0) is 47.3. The Balaban J connectivity index is 0.945. The Labute approximate surface area is 416 Å². The van der Waals surface area contributed by atoms with Gasteiger partial charge in [0.1, 0.15) is 0 Å². The van der Waals surface area contributed by atoms with E-state index in [1.54, 1.807) is 0 Å². The summed E-state index contributed by atoms with van der Waals surface area (Å²) in [6.07, 6.45) is 16.0. The van der Waals surface area contributed by atoms with Gasteiger partial charge >= 0.3 is 0 Å². The van der Waals surface area contributed by atoms with Gasteiger partial charge in [-0.15, -0.1) is 0 Å². The van der Waals surface area contributed by atoms with Crippen LogP contribution in [0.3, 0.4) is 0 Å². The molecule has 71 heavy (non-hydrogen) atoms. The maximum atomic E-state index is 4.13. The van der Waals surface area contributed by atoms with Gasteiger partial charge in [0.2, 0.25) is 0 Å². The quantitative estimate of drug-likeness (QED) is 0.117. The summed E-state index contributed by atoms with van der Waals surface area (Å²) < 4.78 is 2.45. The highest BCUT2D eigenvalue weighted by atomic mass is 15.1. The molecule has 0 amide bonds. The topological polar surface area (TPSA) is 8.17 Å². The summed E-state index contributed by atoms with van der Waals surface area (Å²) in [6.45, 7) is 4.13. The fourth-order valence-corrected chi connectivity index (χ4v) is 12.1. The van der Waals surface area contributed by atoms with Crippen molar-refractivity contribution in [2.24, 2.45) is 5.92 Å². The summed E-state index contributed by atoms with van der Waals surface area (Å²) >= 11 is 0. The van der Waals surface area contributed by atoms with Gasteiger partial charge in [-0.25, -0.2) is 0 Å². The number of anilines is 3. The molecule has 0 fully saturated rings. The lowest BCUT2D eigenvalue weighted by atomic mass is 9.65. The van der Waals surface area contributed by atoms with Crippen LogP contribution in [0.5, 0.6) is 0 Å². The van der Waals surface area contributed by atoms with E-state index in [1.165, 1.54) is 94.3 Å². The van der Waals surface area contributed by atoms with E-state index in [0.717, 1.165) is 36.3 Å². The van der Waals surface area contributed by atoms with E-state index < -0.39 is 5.41 Å². The van der Waals surface area contributed by atoms with Crippen molar-refractivity contribution >= 4 is 55.7 Å². The van der Waals surface area contributed by atoms with Gasteiger partial charge in [-0.3, -0.25) is 0 Å². The van der Waals surface area contributed by atoms with Crippen LogP contribution in [0.1, 0.15) is 46.2 Å². The maximum absolute atomic E-state index is 4.13. The van der Waals surface area contributed by atoms with Crippen LogP contribution in [0.25, 0.3) is 60.9 Å². The summed E-state index contributed by atoms with van der Waals surface area (Å²) in [5.41, 5.74) is 22.0. The zero-order valence-electron chi connectivity index (χ0n) is 39.6. The lowest BCUT2D eigenvalue weighted by Crippen LogP contribution is -2.29. The highest BCUT2D eigenvalue weighted by Crippen LogP contribution is 2.62. The number of allylic oxidation sites excluding steroid dienone is 9. The van der Waals surface area contributed by atoms with Crippen LogP contribution in [0, 0.1) is 5.92 Å². The van der Waals surface area contributed by atoms with Crippen molar-refractivity contribution in [2.45, 2.75) is 24.7 Å². The van der Waals surface area contributed by atoms with E-state index in [0.29, 0.717) is 5.92 Å². The van der Waals surface area contributed by atoms with E-state index >= 15 is 0 Å². The molecule has 1 unspecified atom stereocenters. The van der Waals surface area contributed by atoms with Crippen LogP contribution in [-0.4, -0.2) is 4.57 Å². The molecule has 10 aromatic rings. The number of fused-ring (bicyclic) bond motifs is 7. The smallest absolute Gasteiger partial charge is 0.0717 e. The second-order valence-corrected chi connectivity index (χ2v) is 19.2.